The molecule has 0 aliphatic rings. The van der Waals surface area contributed by atoms with E-state index in [2.05, 4.69) is 30.7 Å². The molecule has 0 aliphatic carbocycles. The predicted octanol–water partition coefficient (Wildman–Crippen LogP) is 2.53. The lowest BCUT2D eigenvalue weighted by molar-refractivity contribution is 0.780. The van der Waals surface area contributed by atoms with E-state index in [4.69, 9.17) is 5.73 Å². The van der Waals surface area contributed by atoms with Gasteiger partial charge in [-0.3, -0.25) is 0 Å². The van der Waals surface area contributed by atoms with Crippen molar-refractivity contribution in [3.63, 3.8) is 0 Å². The smallest absolute Gasteiger partial charge is 0.131 e. The van der Waals surface area contributed by atoms with Gasteiger partial charge in [-0.25, -0.2) is 9.97 Å². The second-order valence-corrected chi connectivity index (χ2v) is 3.80. The van der Waals surface area contributed by atoms with E-state index in [0.717, 1.165) is 49.2 Å². The maximum Gasteiger partial charge on any atom is 0.131 e. The Labute approximate surface area is 92.1 Å². The molecule has 3 nitrogen and oxygen atoms in total. The maximum absolute atomic E-state index is 5.94. The summed E-state index contributed by atoms with van der Waals surface area (Å²) in [5.74, 6) is 1.58. The minimum atomic E-state index is 0.680. The highest BCUT2D eigenvalue weighted by Crippen LogP contribution is 2.16. The van der Waals surface area contributed by atoms with Gasteiger partial charge in [-0.15, -0.1) is 0 Å². The van der Waals surface area contributed by atoms with Crippen LogP contribution in [0.25, 0.3) is 0 Å². The van der Waals surface area contributed by atoms with Gasteiger partial charge in [-0.2, -0.15) is 0 Å². The van der Waals surface area contributed by atoms with E-state index in [0.29, 0.717) is 5.82 Å². The third kappa shape index (κ3) is 2.91. The summed E-state index contributed by atoms with van der Waals surface area (Å²) in [4.78, 5) is 8.94. The molecule has 3 heteroatoms. The Morgan fingerprint density at radius 1 is 1.00 bits per heavy atom. The number of aromatic nitrogens is 2. The molecule has 1 heterocycles. The van der Waals surface area contributed by atoms with Gasteiger partial charge in [0.05, 0.1) is 0 Å². The van der Waals surface area contributed by atoms with E-state index >= 15 is 0 Å². The lowest BCUT2D eigenvalue weighted by atomic mass is 10.1. The highest BCUT2D eigenvalue weighted by Gasteiger charge is 2.09. The van der Waals surface area contributed by atoms with Crippen LogP contribution in [0.4, 0.5) is 5.82 Å². The summed E-state index contributed by atoms with van der Waals surface area (Å²) < 4.78 is 0. The van der Waals surface area contributed by atoms with Crippen LogP contribution in [0, 0.1) is 0 Å². The van der Waals surface area contributed by atoms with Gasteiger partial charge in [0.15, 0.2) is 0 Å². The molecule has 0 saturated heterocycles. The van der Waals surface area contributed by atoms with Gasteiger partial charge in [-0.05, 0) is 19.3 Å². The summed E-state index contributed by atoms with van der Waals surface area (Å²) in [5, 5.41) is 0. The van der Waals surface area contributed by atoms with Crippen molar-refractivity contribution < 1.29 is 0 Å². The Balaban J connectivity index is 3.07. The molecule has 1 aromatic heterocycles. The minimum Gasteiger partial charge on any atom is -0.383 e. The first-order valence-electron chi connectivity index (χ1n) is 5.87. The summed E-state index contributed by atoms with van der Waals surface area (Å²) >= 11 is 0. The first-order chi connectivity index (χ1) is 7.22. The van der Waals surface area contributed by atoms with E-state index in [9.17, 15) is 0 Å². The molecule has 0 unspecified atom stereocenters. The monoisotopic (exact) mass is 207 g/mol. The molecule has 15 heavy (non-hydrogen) atoms. The van der Waals surface area contributed by atoms with Gasteiger partial charge in [0.1, 0.15) is 11.6 Å². The second-order valence-electron chi connectivity index (χ2n) is 3.80. The van der Waals surface area contributed by atoms with Gasteiger partial charge >= 0.3 is 0 Å². The molecule has 0 saturated carbocycles. The molecule has 0 atom stereocenters. The minimum absolute atomic E-state index is 0.680. The number of hydrogen-bond acceptors (Lipinski definition) is 3. The Hall–Kier alpha value is -1.12. The van der Waals surface area contributed by atoms with Gasteiger partial charge in [0.2, 0.25) is 0 Å². The fourth-order valence-electron chi connectivity index (χ4n) is 1.77. The Bertz CT molecular complexity index is 321. The van der Waals surface area contributed by atoms with Crippen molar-refractivity contribution >= 4 is 5.82 Å². The van der Waals surface area contributed by atoms with Crippen LogP contribution in [0.2, 0.25) is 0 Å². The lowest BCUT2D eigenvalue weighted by Crippen LogP contribution is -2.09. The molecule has 0 radical (unpaired) electrons. The summed E-state index contributed by atoms with van der Waals surface area (Å²) in [5.41, 5.74) is 8.23. The highest BCUT2D eigenvalue weighted by atomic mass is 15.0. The van der Waals surface area contributed by atoms with E-state index in [1.165, 1.54) is 0 Å². The van der Waals surface area contributed by atoms with Crippen LogP contribution in [0.3, 0.4) is 0 Å². The second kappa shape index (κ2) is 5.69. The molecular weight excluding hydrogens is 186 g/mol. The molecule has 0 aromatic carbocycles. The predicted molar refractivity (Wildman–Crippen MR) is 63.8 cm³/mol. The summed E-state index contributed by atoms with van der Waals surface area (Å²) in [6.45, 7) is 6.40. The molecule has 84 valence electrons. The van der Waals surface area contributed by atoms with Crippen molar-refractivity contribution in [2.75, 3.05) is 5.73 Å². The standard InChI is InChI=1S/C12H21N3/c1-4-7-10-9(6-3)12(13)15-11(14-10)8-5-2/h4-8H2,1-3H3,(H2,13,14,15). The molecule has 0 spiro atoms. The summed E-state index contributed by atoms with van der Waals surface area (Å²) in [7, 11) is 0. The summed E-state index contributed by atoms with van der Waals surface area (Å²) in [6.07, 6.45) is 5.02. The van der Waals surface area contributed by atoms with Gasteiger partial charge < -0.3 is 5.73 Å². The van der Waals surface area contributed by atoms with Crippen molar-refractivity contribution in [2.45, 2.75) is 52.9 Å². The Morgan fingerprint density at radius 2 is 1.67 bits per heavy atom. The number of hydrogen-bond donors (Lipinski definition) is 1. The topological polar surface area (TPSA) is 51.8 Å². The van der Waals surface area contributed by atoms with Crippen molar-refractivity contribution in [1.82, 2.24) is 9.97 Å². The normalized spacial score (nSPS) is 10.6. The highest BCUT2D eigenvalue weighted by molar-refractivity contribution is 5.42. The summed E-state index contributed by atoms with van der Waals surface area (Å²) in [6, 6.07) is 0. The van der Waals surface area contributed by atoms with Crippen LogP contribution in [-0.4, -0.2) is 9.97 Å². The van der Waals surface area contributed by atoms with Crippen molar-refractivity contribution in [3.8, 4) is 0 Å². The van der Waals surface area contributed by atoms with E-state index in [1.807, 2.05) is 0 Å². The fourth-order valence-corrected chi connectivity index (χ4v) is 1.77. The third-order valence-electron chi connectivity index (χ3n) is 2.49. The molecule has 0 aliphatic heterocycles. The van der Waals surface area contributed by atoms with Crippen molar-refractivity contribution in [2.24, 2.45) is 0 Å². The van der Waals surface area contributed by atoms with Crippen LogP contribution in [0.15, 0.2) is 0 Å². The molecule has 0 amide bonds. The largest absolute Gasteiger partial charge is 0.383 e. The zero-order chi connectivity index (χ0) is 11.3. The first-order valence-corrected chi connectivity index (χ1v) is 5.87. The average Bonchev–Trinajstić information content (AvgIpc) is 2.18. The van der Waals surface area contributed by atoms with E-state index in [-0.39, 0.29) is 0 Å². The molecular formula is C12H21N3. The maximum atomic E-state index is 5.94. The number of nitrogens with two attached hydrogens (primary N) is 1. The number of rotatable bonds is 5. The lowest BCUT2D eigenvalue weighted by Gasteiger charge is -2.10. The van der Waals surface area contributed by atoms with Crippen molar-refractivity contribution in [1.29, 1.82) is 0 Å². The number of aryl methyl sites for hydroxylation is 2. The van der Waals surface area contributed by atoms with Crippen LogP contribution in [0.1, 0.15) is 50.7 Å². The SMILES string of the molecule is CCCc1nc(N)c(CC)c(CCC)n1. The number of nitrogen functional groups attached to an aromatic ring is 1. The van der Waals surface area contributed by atoms with Crippen LogP contribution in [0.5, 0.6) is 0 Å². The number of anilines is 1. The molecule has 0 bridgehead atoms. The zero-order valence-corrected chi connectivity index (χ0v) is 10.0. The van der Waals surface area contributed by atoms with Crippen molar-refractivity contribution in [3.05, 3.63) is 17.1 Å². The zero-order valence-electron chi connectivity index (χ0n) is 10.0. The molecule has 1 rings (SSSR count). The Kier molecular flexibility index (Phi) is 4.53. The average molecular weight is 207 g/mol. The van der Waals surface area contributed by atoms with E-state index in [1.54, 1.807) is 0 Å². The van der Waals surface area contributed by atoms with Gasteiger partial charge in [-0.1, -0.05) is 27.2 Å². The Morgan fingerprint density at radius 3 is 2.20 bits per heavy atom. The first kappa shape index (κ1) is 12.0. The van der Waals surface area contributed by atoms with Crippen LogP contribution in [-0.2, 0) is 19.3 Å². The van der Waals surface area contributed by atoms with Crippen LogP contribution >= 0.6 is 0 Å². The van der Waals surface area contributed by atoms with Crippen LogP contribution < -0.4 is 5.73 Å². The molecule has 0 fully saturated rings. The molecule has 1 aromatic rings. The van der Waals surface area contributed by atoms with Gasteiger partial charge in [0.25, 0.3) is 0 Å². The number of nitrogens with zero attached hydrogens (tertiary/aromatic N) is 2. The fraction of sp³-hybridized carbons (Fsp3) is 0.667. The van der Waals surface area contributed by atoms with E-state index < -0.39 is 0 Å². The van der Waals surface area contributed by atoms with Gasteiger partial charge in [0, 0.05) is 17.7 Å². The molecule has 2 N–H and O–H groups in total. The third-order valence-corrected chi connectivity index (χ3v) is 2.49. The quantitative estimate of drug-likeness (QED) is 0.807.